The first-order chi connectivity index (χ1) is 10.1. The fourth-order valence-electron chi connectivity index (χ4n) is 1.92. The predicted octanol–water partition coefficient (Wildman–Crippen LogP) is 3.26. The zero-order chi connectivity index (χ0) is 15.4. The largest absolute Gasteiger partial charge is 0.435 e. The van der Waals surface area contributed by atoms with Crippen molar-refractivity contribution in [2.24, 2.45) is 5.84 Å². The highest BCUT2D eigenvalue weighted by atomic mass is 19.1. The lowest BCUT2D eigenvalue weighted by molar-refractivity contribution is 0.419. The zero-order valence-corrected chi connectivity index (χ0v) is 12.4. The van der Waals surface area contributed by atoms with Crippen LogP contribution in [-0.4, -0.2) is 9.97 Å². The van der Waals surface area contributed by atoms with Gasteiger partial charge in [0.05, 0.1) is 5.56 Å². The molecule has 1 aromatic heterocycles. The summed E-state index contributed by atoms with van der Waals surface area (Å²) < 4.78 is 19.7. The number of hydrogen-bond acceptors (Lipinski definition) is 5. The fourth-order valence-corrected chi connectivity index (χ4v) is 1.92. The Bertz CT molecular complexity index is 646. The summed E-state index contributed by atoms with van der Waals surface area (Å²) in [5.74, 6) is 6.61. The van der Waals surface area contributed by atoms with Crippen molar-refractivity contribution < 1.29 is 9.13 Å². The second-order valence-corrected chi connectivity index (χ2v) is 4.80. The lowest BCUT2D eigenvalue weighted by Crippen LogP contribution is -2.13. The number of nitrogens with one attached hydrogen (secondary N) is 1. The van der Waals surface area contributed by atoms with Gasteiger partial charge in [0.25, 0.3) is 0 Å². The van der Waals surface area contributed by atoms with E-state index in [1.807, 2.05) is 6.92 Å². The summed E-state index contributed by atoms with van der Waals surface area (Å²) in [4.78, 5) is 8.64. The third-order valence-corrected chi connectivity index (χ3v) is 3.12. The van der Waals surface area contributed by atoms with Crippen LogP contribution in [0.1, 0.15) is 30.3 Å². The lowest BCUT2D eigenvalue weighted by atomic mass is 10.2. The van der Waals surface area contributed by atoms with Gasteiger partial charge in [-0.1, -0.05) is 19.1 Å². The summed E-state index contributed by atoms with van der Waals surface area (Å²) in [6.45, 7) is 5.48. The van der Waals surface area contributed by atoms with E-state index in [0.29, 0.717) is 35.1 Å². The Balaban J connectivity index is 2.42. The molecular formula is C15H19FN4O. The molecule has 1 aromatic carbocycles. The molecule has 0 radical (unpaired) electrons. The molecule has 1 heterocycles. The molecule has 2 aromatic rings. The molecule has 0 aliphatic carbocycles. The summed E-state index contributed by atoms with van der Waals surface area (Å²) in [6, 6.07) is 4.99. The van der Waals surface area contributed by atoms with Crippen molar-refractivity contribution in [3.8, 4) is 11.6 Å². The van der Waals surface area contributed by atoms with Gasteiger partial charge in [-0.2, -0.15) is 4.98 Å². The van der Waals surface area contributed by atoms with Gasteiger partial charge in [-0.05, 0) is 31.9 Å². The van der Waals surface area contributed by atoms with Gasteiger partial charge in [0.15, 0.2) is 11.6 Å². The monoisotopic (exact) mass is 290 g/mol. The van der Waals surface area contributed by atoms with Crippen LogP contribution in [-0.2, 0) is 6.42 Å². The number of hydrazine groups is 1. The Labute approximate surface area is 123 Å². The number of hydrogen-bond donors (Lipinski definition) is 2. The summed E-state index contributed by atoms with van der Waals surface area (Å²) in [5, 5.41) is 0. The minimum Gasteiger partial charge on any atom is -0.435 e. The highest BCUT2D eigenvalue weighted by molar-refractivity contribution is 5.49. The van der Waals surface area contributed by atoms with Crippen LogP contribution in [0.25, 0.3) is 0 Å². The molecule has 112 valence electrons. The van der Waals surface area contributed by atoms with Crippen LogP contribution in [0.4, 0.5) is 10.2 Å². The average molecular weight is 290 g/mol. The van der Waals surface area contributed by atoms with Gasteiger partial charge in [-0.25, -0.2) is 15.2 Å². The first-order valence-electron chi connectivity index (χ1n) is 6.84. The first-order valence-corrected chi connectivity index (χ1v) is 6.84. The van der Waals surface area contributed by atoms with Crippen LogP contribution in [0.3, 0.4) is 0 Å². The molecule has 0 aliphatic heterocycles. The Morgan fingerprint density at radius 1 is 1.29 bits per heavy atom. The third kappa shape index (κ3) is 3.28. The smallest absolute Gasteiger partial charge is 0.227 e. The fraction of sp³-hybridized carbons (Fsp3) is 0.333. The molecular weight excluding hydrogens is 271 g/mol. The predicted molar refractivity (Wildman–Crippen MR) is 79.8 cm³/mol. The van der Waals surface area contributed by atoms with Crippen molar-refractivity contribution in [2.45, 2.75) is 33.6 Å². The molecule has 3 N–H and O–H groups in total. The quantitative estimate of drug-likeness (QED) is 0.653. The van der Waals surface area contributed by atoms with Gasteiger partial charge in [-0.15, -0.1) is 0 Å². The molecule has 21 heavy (non-hydrogen) atoms. The number of nitrogen functional groups attached to an aromatic ring is 1. The van der Waals surface area contributed by atoms with Crippen molar-refractivity contribution in [3.05, 3.63) is 41.0 Å². The minimum absolute atomic E-state index is 0.141. The number of nitrogens with two attached hydrogens (primary N) is 1. The van der Waals surface area contributed by atoms with Gasteiger partial charge in [0.2, 0.25) is 5.88 Å². The van der Waals surface area contributed by atoms with Crippen molar-refractivity contribution in [1.29, 1.82) is 0 Å². The number of anilines is 1. The van der Waals surface area contributed by atoms with E-state index in [1.54, 1.807) is 32.0 Å². The van der Waals surface area contributed by atoms with E-state index in [2.05, 4.69) is 15.4 Å². The van der Waals surface area contributed by atoms with E-state index >= 15 is 0 Å². The first kappa shape index (κ1) is 15.2. The topological polar surface area (TPSA) is 73.1 Å². The van der Waals surface area contributed by atoms with Gasteiger partial charge < -0.3 is 10.2 Å². The van der Waals surface area contributed by atoms with E-state index in [0.717, 1.165) is 6.42 Å². The number of ether oxygens (including phenoxy) is 1. The molecule has 0 amide bonds. The second kappa shape index (κ2) is 6.49. The summed E-state index contributed by atoms with van der Waals surface area (Å²) >= 11 is 0. The normalized spacial score (nSPS) is 10.5. The van der Waals surface area contributed by atoms with Crippen LogP contribution >= 0.6 is 0 Å². The van der Waals surface area contributed by atoms with Crippen LogP contribution in [0.5, 0.6) is 11.6 Å². The maximum Gasteiger partial charge on any atom is 0.227 e. The summed E-state index contributed by atoms with van der Waals surface area (Å²) in [5.41, 5.74) is 3.68. The molecule has 2 rings (SSSR count). The highest BCUT2D eigenvalue weighted by Crippen LogP contribution is 2.29. The van der Waals surface area contributed by atoms with Crippen LogP contribution in [0.2, 0.25) is 0 Å². The number of halogens is 1. The van der Waals surface area contributed by atoms with Gasteiger partial charge in [-0.3, -0.25) is 0 Å². The molecule has 0 atom stereocenters. The van der Waals surface area contributed by atoms with E-state index in [1.165, 1.54) is 0 Å². The lowest BCUT2D eigenvalue weighted by Gasteiger charge is -2.13. The molecule has 5 nitrogen and oxygen atoms in total. The van der Waals surface area contributed by atoms with Gasteiger partial charge >= 0.3 is 0 Å². The van der Waals surface area contributed by atoms with Crippen molar-refractivity contribution in [2.75, 3.05) is 5.43 Å². The van der Waals surface area contributed by atoms with Gasteiger partial charge in [0, 0.05) is 6.42 Å². The molecule has 0 bridgehead atoms. The van der Waals surface area contributed by atoms with E-state index < -0.39 is 5.82 Å². The molecule has 0 saturated heterocycles. The average Bonchev–Trinajstić information content (AvgIpc) is 2.47. The van der Waals surface area contributed by atoms with Gasteiger partial charge in [0.1, 0.15) is 11.6 Å². The van der Waals surface area contributed by atoms with E-state index in [4.69, 9.17) is 10.6 Å². The Morgan fingerprint density at radius 2 is 2.05 bits per heavy atom. The molecule has 6 heteroatoms. The van der Waals surface area contributed by atoms with E-state index in [9.17, 15) is 4.39 Å². The Kier molecular flexibility index (Phi) is 4.70. The maximum atomic E-state index is 14.0. The van der Waals surface area contributed by atoms with Crippen molar-refractivity contribution in [1.82, 2.24) is 9.97 Å². The molecule has 0 saturated carbocycles. The Morgan fingerprint density at radius 3 is 2.71 bits per heavy atom. The third-order valence-electron chi connectivity index (χ3n) is 3.12. The van der Waals surface area contributed by atoms with E-state index in [-0.39, 0.29) is 5.75 Å². The molecule has 0 spiro atoms. The molecule has 0 aliphatic rings. The van der Waals surface area contributed by atoms with Crippen LogP contribution < -0.4 is 16.0 Å². The standard InChI is InChI=1S/C15H19FN4O/c1-4-6-12-18-14(20-17)10(3)15(19-12)21-11-8-5-7-9(2)13(11)16/h5,7-8H,4,6,17H2,1-3H3,(H,18,19,20). The number of benzene rings is 1. The van der Waals surface area contributed by atoms with Crippen molar-refractivity contribution in [3.63, 3.8) is 0 Å². The highest BCUT2D eigenvalue weighted by Gasteiger charge is 2.14. The minimum atomic E-state index is -0.394. The SMILES string of the molecule is CCCc1nc(NN)c(C)c(Oc2cccc(C)c2F)n1. The zero-order valence-electron chi connectivity index (χ0n) is 12.4. The second-order valence-electron chi connectivity index (χ2n) is 4.80. The summed E-state index contributed by atoms with van der Waals surface area (Å²) in [7, 11) is 0. The van der Waals surface area contributed by atoms with Crippen molar-refractivity contribution >= 4 is 5.82 Å². The molecule has 0 fully saturated rings. The van der Waals surface area contributed by atoms with Crippen LogP contribution in [0, 0.1) is 19.7 Å². The number of nitrogens with zero attached hydrogens (tertiary/aromatic N) is 2. The Hall–Kier alpha value is -2.21. The molecule has 0 unspecified atom stereocenters. The number of aromatic nitrogens is 2. The number of aryl methyl sites for hydroxylation is 2. The van der Waals surface area contributed by atoms with Crippen LogP contribution in [0.15, 0.2) is 18.2 Å². The summed E-state index contributed by atoms with van der Waals surface area (Å²) in [6.07, 6.45) is 1.59. The maximum absolute atomic E-state index is 14.0. The number of rotatable bonds is 5.